The highest BCUT2D eigenvalue weighted by molar-refractivity contribution is 5.53. The van der Waals surface area contributed by atoms with E-state index < -0.39 is 11.9 Å². The van der Waals surface area contributed by atoms with Crippen molar-refractivity contribution < 1.29 is 18.4 Å². The van der Waals surface area contributed by atoms with E-state index in [0.717, 1.165) is 16.8 Å². The molecule has 0 aromatic carbocycles. The molecule has 0 fully saturated rings. The van der Waals surface area contributed by atoms with Crippen LogP contribution in [0.1, 0.15) is 24.0 Å². The molecule has 0 amide bonds. The maximum atomic E-state index is 12.6. The summed E-state index contributed by atoms with van der Waals surface area (Å²) in [5, 5.41) is 16.2. The summed E-state index contributed by atoms with van der Waals surface area (Å²) in [6.45, 7) is 2.99. The molecule has 0 atom stereocenters. The molecule has 6 nitrogen and oxygen atoms in total. The second-order valence-corrected chi connectivity index (χ2v) is 4.56. The summed E-state index contributed by atoms with van der Waals surface area (Å²) in [5.41, 5.74) is 0.725. The van der Waals surface area contributed by atoms with Crippen LogP contribution in [0.25, 0.3) is 11.5 Å². The summed E-state index contributed by atoms with van der Waals surface area (Å²) in [7, 11) is 0. The van der Waals surface area contributed by atoms with Crippen LogP contribution in [-0.2, 0) is 25.8 Å². The third-order valence-electron chi connectivity index (χ3n) is 3.25. The van der Waals surface area contributed by atoms with Crippen LogP contribution < -0.4 is 0 Å². The number of aromatic nitrogens is 4. The van der Waals surface area contributed by atoms with Gasteiger partial charge in [-0.05, 0) is 13.0 Å². The van der Waals surface area contributed by atoms with Crippen LogP contribution >= 0.6 is 0 Å². The highest BCUT2D eigenvalue weighted by Gasteiger charge is 2.34. The molecule has 20 heavy (non-hydrogen) atoms. The molecule has 0 bridgehead atoms. The molecule has 2 N–H and O–H groups in total. The van der Waals surface area contributed by atoms with Crippen LogP contribution in [0.4, 0.5) is 13.2 Å². The number of halogens is 3. The van der Waals surface area contributed by atoms with Gasteiger partial charge in [0.2, 0.25) is 0 Å². The SMILES string of the molecule is CCn1c(-c2cc(C(F)(F)F)[nH]n2)nc2c1CN(O)C2. The highest BCUT2D eigenvalue weighted by atomic mass is 19.4. The van der Waals surface area contributed by atoms with Gasteiger partial charge < -0.3 is 9.77 Å². The van der Waals surface area contributed by atoms with E-state index in [1.807, 2.05) is 12.0 Å². The van der Waals surface area contributed by atoms with Crippen molar-refractivity contribution in [3.63, 3.8) is 0 Å². The minimum atomic E-state index is -4.46. The fourth-order valence-corrected chi connectivity index (χ4v) is 2.36. The predicted molar refractivity (Wildman–Crippen MR) is 61.5 cm³/mol. The van der Waals surface area contributed by atoms with Gasteiger partial charge in [-0.25, -0.2) is 4.98 Å². The standard InChI is InChI=1S/C11H12F3N5O/c1-2-19-8-5-18(20)4-7(8)15-10(19)6-3-9(17-16-6)11(12,13)14/h3,20H,2,4-5H2,1H3,(H,16,17). The van der Waals surface area contributed by atoms with Crippen molar-refractivity contribution in [2.45, 2.75) is 32.7 Å². The Morgan fingerprint density at radius 3 is 2.75 bits per heavy atom. The number of fused-ring (bicyclic) bond motifs is 1. The number of nitrogens with one attached hydrogen (secondary N) is 1. The lowest BCUT2D eigenvalue weighted by Gasteiger charge is -2.08. The van der Waals surface area contributed by atoms with Crippen molar-refractivity contribution in [2.75, 3.05) is 0 Å². The first kappa shape index (κ1) is 13.1. The lowest BCUT2D eigenvalue weighted by Crippen LogP contribution is -2.13. The summed E-state index contributed by atoms with van der Waals surface area (Å²) in [6.07, 6.45) is -4.46. The number of hydroxylamine groups is 2. The summed E-state index contributed by atoms with van der Waals surface area (Å²) < 4.78 is 39.5. The fraction of sp³-hybridized carbons (Fsp3) is 0.455. The Bertz CT molecular complexity index is 645. The Labute approximate surface area is 111 Å². The maximum Gasteiger partial charge on any atom is 0.432 e. The van der Waals surface area contributed by atoms with Crippen LogP contribution in [0, 0.1) is 0 Å². The largest absolute Gasteiger partial charge is 0.432 e. The van der Waals surface area contributed by atoms with Gasteiger partial charge in [0.15, 0.2) is 5.82 Å². The zero-order valence-electron chi connectivity index (χ0n) is 10.6. The minimum Gasteiger partial charge on any atom is -0.325 e. The van der Waals surface area contributed by atoms with Crippen LogP contribution in [-0.4, -0.2) is 30.0 Å². The quantitative estimate of drug-likeness (QED) is 0.886. The number of imidazole rings is 1. The number of hydrogen-bond donors (Lipinski definition) is 2. The van der Waals surface area contributed by atoms with Gasteiger partial charge in [0.25, 0.3) is 0 Å². The van der Waals surface area contributed by atoms with Gasteiger partial charge in [0.05, 0.1) is 24.5 Å². The highest BCUT2D eigenvalue weighted by Crippen LogP contribution is 2.32. The normalized spacial score (nSPS) is 15.8. The molecule has 1 aliphatic rings. The van der Waals surface area contributed by atoms with Crippen LogP contribution in [0.3, 0.4) is 0 Å². The average molecular weight is 287 g/mol. The number of rotatable bonds is 2. The molecular weight excluding hydrogens is 275 g/mol. The van der Waals surface area contributed by atoms with Gasteiger partial charge >= 0.3 is 6.18 Å². The molecule has 9 heteroatoms. The van der Waals surface area contributed by atoms with Crippen molar-refractivity contribution >= 4 is 0 Å². The third kappa shape index (κ3) is 1.98. The molecule has 2 aromatic rings. The lowest BCUT2D eigenvalue weighted by atomic mass is 10.3. The van der Waals surface area contributed by atoms with Gasteiger partial charge in [0, 0.05) is 6.54 Å². The van der Waals surface area contributed by atoms with E-state index in [0.29, 0.717) is 24.6 Å². The summed E-state index contributed by atoms with van der Waals surface area (Å²) in [6, 6.07) is 0.945. The summed E-state index contributed by atoms with van der Waals surface area (Å²) >= 11 is 0. The Balaban J connectivity index is 2.03. The molecule has 0 saturated heterocycles. The van der Waals surface area contributed by atoms with Crippen molar-refractivity contribution in [1.29, 1.82) is 0 Å². The smallest absolute Gasteiger partial charge is 0.325 e. The van der Waals surface area contributed by atoms with E-state index in [1.54, 1.807) is 4.57 Å². The predicted octanol–water partition coefficient (Wildman–Crippen LogP) is 2.02. The first-order valence-corrected chi connectivity index (χ1v) is 6.05. The first-order valence-electron chi connectivity index (χ1n) is 6.05. The van der Waals surface area contributed by atoms with Gasteiger partial charge in [-0.2, -0.15) is 23.3 Å². The van der Waals surface area contributed by atoms with E-state index in [1.165, 1.54) is 0 Å². The Morgan fingerprint density at radius 1 is 1.40 bits per heavy atom. The van der Waals surface area contributed by atoms with Gasteiger partial charge in [-0.3, -0.25) is 5.10 Å². The van der Waals surface area contributed by atoms with Crippen LogP contribution in [0.5, 0.6) is 0 Å². The van der Waals surface area contributed by atoms with Crippen molar-refractivity contribution in [1.82, 2.24) is 24.8 Å². The molecule has 0 saturated carbocycles. The minimum absolute atomic E-state index is 0.151. The van der Waals surface area contributed by atoms with Crippen molar-refractivity contribution in [3.05, 3.63) is 23.1 Å². The van der Waals surface area contributed by atoms with Crippen LogP contribution in [0.15, 0.2) is 6.07 Å². The molecule has 0 spiro atoms. The zero-order chi connectivity index (χ0) is 14.5. The van der Waals surface area contributed by atoms with Gasteiger partial charge in [0.1, 0.15) is 11.4 Å². The second kappa shape index (κ2) is 4.32. The molecular formula is C11H12F3N5O. The number of aromatic amines is 1. The molecule has 108 valence electrons. The van der Waals surface area contributed by atoms with E-state index in [4.69, 9.17) is 0 Å². The third-order valence-corrected chi connectivity index (χ3v) is 3.25. The van der Waals surface area contributed by atoms with E-state index in [-0.39, 0.29) is 12.2 Å². The molecule has 0 aliphatic carbocycles. The average Bonchev–Trinajstić information content (AvgIpc) is 2.99. The number of hydrogen-bond acceptors (Lipinski definition) is 4. The topological polar surface area (TPSA) is 70.0 Å². The van der Waals surface area contributed by atoms with E-state index in [2.05, 4.69) is 10.1 Å². The molecule has 3 rings (SSSR count). The maximum absolute atomic E-state index is 12.6. The number of nitrogens with zero attached hydrogens (tertiary/aromatic N) is 4. The van der Waals surface area contributed by atoms with Gasteiger partial charge in [-0.1, -0.05) is 0 Å². The van der Waals surface area contributed by atoms with E-state index in [9.17, 15) is 18.4 Å². The first-order chi connectivity index (χ1) is 9.40. The van der Waals surface area contributed by atoms with Crippen molar-refractivity contribution in [3.8, 4) is 11.5 Å². The molecule has 2 aromatic heterocycles. The van der Waals surface area contributed by atoms with Crippen molar-refractivity contribution in [2.24, 2.45) is 0 Å². The monoisotopic (exact) mass is 287 g/mol. The molecule has 0 radical (unpaired) electrons. The van der Waals surface area contributed by atoms with Gasteiger partial charge in [-0.15, -0.1) is 0 Å². The molecule has 1 aliphatic heterocycles. The lowest BCUT2D eigenvalue weighted by molar-refractivity contribution is -0.141. The number of H-pyrrole nitrogens is 1. The summed E-state index contributed by atoms with van der Waals surface area (Å²) in [4.78, 5) is 4.29. The molecule has 0 unspecified atom stereocenters. The fourth-order valence-electron chi connectivity index (χ4n) is 2.36. The summed E-state index contributed by atoms with van der Waals surface area (Å²) in [5.74, 6) is 0.386. The zero-order valence-corrected chi connectivity index (χ0v) is 10.6. The van der Waals surface area contributed by atoms with E-state index >= 15 is 0 Å². The Hall–Kier alpha value is -1.87. The molecule has 3 heterocycles. The van der Waals surface area contributed by atoms with Crippen LogP contribution in [0.2, 0.25) is 0 Å². The number of alkyl halides is 3. The Morgan fingerprint density at radius 2 is 2.15 bits per heavy atom. The Kier molecular flexibility index (Phi) is 2.83. The second-order valence-electron chi connectivity index (χ2n) is 4.56.